The molecule has 2 aromatic rings. The van der Waals surface area contributed by atoms with Crippen LogP contribution in [0.1, 0.15) is 30.1 Å². The number of rotatable bonds is 2. The molecule has 2 heterocycles. The maximum atomic E-state index is 12.6. The molecule has 3 rings (SSSR count). The molecule has 6 heteroatoms. The minimum Gasteiger partial charge on any atom is -0.508 e. The van der Waals surface area contributed by atoms with Crippen LogP contribution in [0, 0.1) is 0 Å². The number of hydrogen-bond donors (Lipinski definition) is 2. The fourth-order valence-corrected chi connectivity index (χ4v) is 2.87. The van der Waals surface area contributed by atoms with Crippen molar-refractivity contribution >= 4 is 22.8 Å². The minimum atomic E-state index is -0.0780. The zero-order chi connectivity index (χ0) is 15.7. The van der Waals surface area contributed by atoms with E-state index in [9.17, 15) is 14.7 Å². The predicted molar refractivity (Wildman–Crippen MR) is 80.6 cm³/mol. The number of phenolic OH excluding ortho intramolecular Hbond substituents is 1. The monoisotopic (exact) mass is 302 g/mol. The lowest BCUT2D eigenvalue weighted by Gasteiger charge is -2.32. The molecule has 1 aromatic heterocycles. The maximum Gasteiger partial charge on any atom is 0.257 e. The molecule has 0 spiro atoms. The van der Waals surface area contributed by atoms with Gasteiger partial charge in [-0.05, 0) is 25.0 Å². The van der Waals surface area contributed by atoms with Crippen LogP contribution in [0.5, 0.6) is 5.75 Å². The first-order valence-electron chi connectivity index (χ1n) is 7.31. The number of aromatic hydroxyl groups is 1. The Morgan fingerprint density at radius 2 is 2.05 bits per heavy atom. The summed E-state index contributed by atoms with van der Waals surface area (Å²) in [6.07, 6.45) is 2.94. The highest BCUT2D eigenvalue weighted by molar-refractivity contribution is 6.06. The predicted octanol–water partition coefficient (Wildman–Crippen LogP) is 1.88. The van der Waals surface area contributed by atoms with Gasteiger partial charge in [-0.3, -0.25) is 9.59 Å². The number of carbonyl (C=O) groups excluding carboxylic acids is 2. The zero-order valence-electron chi connectivity index (χ0n) is 12.3. The second-order valence-corrected chi connectivity index (χ2v) is 5.60. The molecule has 0 bridgehead atoms. The van der Waals surface area contributed by atoms with Crippen molar-refractivity contribution in [3.63, 3.8) is 0 Å². The lowest BCUT2D eigenvalue weighted by atomic mass is 10.0. The summed E-state index contributed by atoms with van der Waals surface area (Å²) in [6.45, 7) is 2.72. The molecule has 1 aromatic carbocycles. The first-order valence-corrected chi connectivity index (χ1v) is 7.31. The number of likely N-dealkylation sites (tertiary alicyclic amines) is 1. The van der Waals surface area contributed by atoms with Crippen LogP contribution < -0.4 is 5.32 Å². The number of fused-ring (bicyclic) bond motifs is 1. The van der Waals surface area contributed by atoms with E-state index in [4.69, 9.17) is 4.42 Å². The number of carbonyl (C=O) groups is 2. The second-order valence-electron chi connectivity index (χ2n) is 5.60. The van der Waals surface area contributed by atoms with Gasteiger partial charge >= 0.3 is 0 Å². The van der Waals surface area contributed by atoms with Crippen LogP contribution in [-0.4, -0.2) is 41.0 Å². The Labute approximate surface area is 127 Å². The molecule has 2 N–H and O–H groups in total. The van der Waals surface area contributed by atoms with E-state index < -0.39 is 0 Å². The quantitative estimate of drug-likeness (QED) is 0.887. The average Bonchev–Trinajstić information content (AvgIpc) is 2.89. The highest BCUT2D eigenvalue weighted by Crippen LogP contribution is 2.26. The summed E-state index contributed by atoms with van der Waals surface area (Å²) >= 11 is 0. The molecule has 0 unspecified atom stereocenters. The Hall–Kier alpha value is -2.50. The number of furan rings is 1. The van der Waals surface area contributed by atoms with Crippen molar-refractivity contribution in [2.45, 2.75) is 25.8 Å². The maximum absolute atomic E-state index is 12.6. The lowest BCUT2D eigenvalue weighted by molar-refractivity contribution is -0.119. The topological polar surface area (TPSA) is 82.8 Å². The van der Waals surface area contributed by atoms with Gasteiger partial charge < -0.3 is 19.7 Å². The van der Waals surface area contributed by atoms with Crippen LogP contribution in [0.2, 0.25) is 0 Å². The van der Waals surface area contributed by atoms with Gasteiger partial charge in [0.15, 0.2) is 0 Å². The van der Waals surface area contributed by atoms with Crippen molar-refractivity contribution < 1.29 is 19.1 Å². The molecular formula is C16H18N2O4. The second kappa shape index (κ2) is 5.71. The van der Waals surface area contributed by atoms with Crippen molar-refractivity contribution in [3.8, 4) is 5.75 Å². The standard InChI is InChI=1S/C16H18N2O4/c1-10(19)17-11-4-6-18(7-5-11)16(21)14-9-22-15-8-12(20)2-3-13(14)15/h2-3,8-9,11,20H,4-7H2,1H3,(H,17,19). The molecule has 0 aliphatic carbocycles. The van der Waals surface area contributed by atoms with Crippen LogP contribution >= 0.6 is 0 Å². The molecule has 1 fully saturated rings. The van der Waals surface area contributed by atoms with Crippen molar-refractivity contribution in [1.82, 2.24) is 10.2 Å². The number of hydrogen-bond acceptors (Lipinski definition) is 4. The van der Waals surface area contributed by atoms with Crippen molar-refractivity contribution in [2.75, 3.05) is 13.1 Å². The van der Waals surface area contributed by atoms with E-state index in [0.717, 1.165) is 12.8 Å². The van der Waals surface area contributed by atoms with Gasteiger partial charge in [-0.25, -0.2) is 0 Å². The van der Waals surface area contributed by atoms with Crippen LogP contribution in [0.25, 0.3) is 11.0 Å². The fourth-order valence-electron chi connectivity index (χ4n) is 2.87. The minimum absolute atomic E-state index is 0.0367. The highest BCUT2D eigenvalue weighted by Gasteiger charge is 2.26. The molecular weight excluding hydrogens is 284 g/mol. The SMILES string of the molecule is CC(=O)NC1CCN(C(=O)c2coc3cc(O)ccc23)CC1. The van der Waals surface area contributed by atoms with Gasteiger partial charge in [0, 0.05) is 37.5 Å². The first kappa shape index (κ1) is 14.4. The summed E-state index contributed by atoms with van der Waals surface area (Å²) in [5, 5.41) is 13.0. The summed E-state index contributed by atoms with van der Waals surface area (Å²) in [7, 11) is 0. The Morgan fingerprint density at radius 1 is 1.32 bits per heavy atom. The molecule has 116 valence electrons. The largest absolute Gasteiger partial charge is 0.508 e. The number of amides is 2. The van der Waals surface area contributed by atoms with Gasteiger partial charge in [-0.1, -0.05) is 0 Å². The average molecular weight is 302 g/mol. The summed E-state index contributed by atoms with van der Waals surface area (Å²) in [5.74, 6) is -0.00639. The Balaban J connectivity index is 1.73. The Kier molecular flexibility index (Phi) is 3.75. The Morgan fingerprint density at radius 3 is 2.73 bits per heavy atom. The van der Waals surface area contributed by atoms with Crippen molar-refractivity contribution in [1.29, 1.82) is 0 Å². The molecule has 1 aliphatic rings. The molecule has 1 saturated heterocycles. The lowest BCUT2D eigenvalue weighted by Crippen LogP contribution is -2.46. The van der Waals surface area contributed by atoms with E-state index in [2.05, 4.69) is 5.32 Å². The summed E-state index contributed by atoms with van der Waals surface area (Å²) in [4.78, 5) is 25.4. The third kappa shape index (κ3) is 2.77. The van der Waals surface area contributed by atoms with Crippen LogP contribution in [0.3, 0.4) is 0 Å². The number of nitrogens with zero attached hydrogens (tertiary/aromatic N) is 1. The number of benzene rings is 1. The van der Waals surface area contributed by atoms with Gasteiger partial charge in [0.25, 0.3) is 5.91 Å². The molecule has 2 amide bonds. The Bertz CT molecular complexity index is 714. The number of phenols is 1. The van der Waals surface area contributed by atoms with E-state index in [1.807, 2.05) is 0 Å². The van der Waals surface area contributed by atoms with E-state index in [1.54, 1.807) is 11.0 Å². The molecule has 0 atom stereocenters. The zero-order valence-corrected chi connectivity index (χ0v) is 12.3. The first-order chi connectivity index (χ1) is 10.5. The van der Waals surface area contributed by atoms with Gasteiger partial charge in [0.1, 0.15) is 17.6 Å². The molecule has 0 radical (unpaired) electrons. The van der Waals surface area contributed by atoms with Gasteiger partial charge in [-0.15, -0.1) is 0 Å². The van der Waals surface area contributed by atoms with E-state index >= 15 is 0 Å². The summed E-state index contributed by atoms with van der Waals surface area (Å²) in [5.41, 5.74) is 1.00. The van der Waals surface area contributed by atoms with Crippen LogP contribution in [0.4, 0.5) is 0 Å². The van der Waals surface area contributed by atoms with Crippen molar-refractivity contribution in [3.05, 3.63) is 30.0 Å². The van der Waals surface area contributed by atoms with E-state index in [-0.39, 0.29) is 23.6 Å². The third-order valence-corrected chi connectivity index (χ3v) is 3.98. The van der Waals surface area contributed by atoms with Gasteiger partial charge in [0.2, 0.25) is 5.91 Å². The number of nitrogens with one attached hydrogen (secondary N) is 1. The smallest absolute Gasteiger partial charge is 0.257 e. The van der Waals surface area contributed by atoms with E-state index in [0.29, 0.717) is 29.6 Å². The molecule has 1 aliphatic heterocycles. The summed E-state index contributed by atoms with van der Waals surface area (Å²) in [6, 6.07) is 4.86. The fraction of sp³-hybridized carbons (Fsp3) is 0.375. The normalized spacial score (nSPS) is 16.0. The highest BCUT2D eigenvalue weighted by atomic mass is 16.3. The van der Waals surface area contributed by atoms with Crippen LogP contribution in [-0.2, 0) is 4.79 Å². The van der Waals surface area contributed by atoms with E-state index in [1.165, 1.54) is 25.3 Å². The van der Waals surface area contributed by atoms with Gasteiger partial charge in [0.05, 0.1) is 5.56 Å². The van der Waals surface area contributed by atoms with Gasteiger partial charge in [-0.2, -0.15) is 0 Å². The van der Waals surface area contributed by atoms with Crippen molar-refractivity contribution in [2.24, 2.45) is 0 Å². The molecule has 6 nitrogen and oxygen atoms in total. The molecule has 0 saturated carbocycles. The number of piperidine rings is 1. The molecule has 22 heavy (non-hydrogen) atoms. The third-order valence-electron chi connectivity index (χ3n) is 3.98. The van der Waals surface area contributed by atoms with Crippen LogP contribution in [0.15, 0.2) is 28.9 Å². The summed E-state index contributed by atoms with van der Waals surface area (Å²) < 4.78 is 5.35.